The molecule has 1 aliphatic rings. The van der Waals surface area contributed by atoms with E-state index in [2.05, 4.69) is 4.74 Å². The summed E-state index contributed by atoms with van der Waals surface area (Å²) in [6.07, 6.45) is -4.53. The van der Waals surface area contributed by atoms with E-state index in [0.717, 1.165) is 0 Å². The Kier molecular flexibility index (Phi) is 4.23. The second-order valence-corrected chi connectivity index (χ2v) is 4.01. The lowest BCUT2D eigenvalue weighted by molar-refractivity contribution is -0.170. The van der Waals surface area contributed by atoms with Crippen LogP contribution in [0.1, 0.15) is 20.8 Å². The molecule has 0 saturated carbocycles. The summed E-state index contributed by atoms with van der Waals surface area (Å²) in [5, 5.41) is 9.57. The fourth-order valence-electron chi connectivity index (χ4n) is 1.43. The van der Waals surface area contributed by atoms with Crippen LogP contribution in [0.3, 0.4) is 0 Å². The highest BCUT2D eigenvalue weighted by atomic mass is 19.1. The number of aliphatic hydroxyl groups excluding tert-OH is 1. The smallest absolute Gasteiger partial charge is 0.343 e. The van der Waals surface area contributed by atoms with Crippen molar-refractivity contribution < 1.29 is 28.5 Å². The Morgan fingerprint density at radius 1 is 1.69 bits per heavy atom. The maximum absolute atomic E-state index is 13.4. The minimum absolute atomic E-state index is 0.0496. The topological polar surface area (TPSA) is 65.0 Å². The predicted molar refractivity (Wildman–Crippen MR) is 52.4 cm³/mol. The number of hydrogen-bond acceptors (Lipinski definition) is 5. The average molecular weight is 236 g/mol. The summed E-state index contributed by atoms with van der Waals surface area (Å²) in [6.45, 7) is 4.98. The van der Waals surface area contributed by atoms with Crippen LogP contribution in [0.4, 0.5) is 4.39 Å². The summed E-state index contributed by atoms with van der Waals surface area (Å²) in [4.78, 5) is 11.0. The van der Waals surface area contributed by atoms with Crippen molar-refractivity contribution in [2.24, 2.45) is 0 Å². The van der Waals surface area contributed by atoms with Gasteiger partial charge in [-0.25, -0.2) is 9.18 Å². The highest BCUT2D eigenvalue weighted by Gasteiger charge is 2.42. The number of alkyl halides is 1. The zero-order valence-electron chi connectivity index (χ0n) is 9.60. The van der Waals surface area contributed by atoms with E-state index in [4.69, 9.17) is 9.47 Å². The van der Waals surface area contributed by atoms with Crippen molar-refractivity contribution in [1.82, 2.24) is 0 Å². The van der Waals surface area contributed by atoms with E-state index in [0.29, 0.717) is 0 Å². The van der Waals surface area contributed by atoms with Crippen LogP contribution in [-0.2, 0) is 19.0 Å². The van der Waals surface area contributed by atoms with Crippen molar-refractivity contribution in [3.05, 3.63) is 0 Å². The normalized spacial score (nSPS) is 27.4. The molecule has 1 N–H and O–H groups in total. The van der Waals surface area contributed by atoms with Gasteiger partial charge < -0.3 is 19.3 Å². The van der Waals surface area contributed by atoms with Crippen LogP contribution in [0.25, 0.3) is 0 Å². The summed E-state index contributed by atoms with van der Waals surface area (Å²) in [5.74, 6) is -1.94. The molecular formula is C10H17FO5. The molecule has 16 heavy (non-hydrogen) atoms. The third-order valence-corrected chi connectivity index (χ3v) is 2.22. The van der Waals surface area contributed by atoms with E-state index in [-0.39, 0.29) is 13.2 Å². The molecule has 1 rings (SSSR count). The molecule has 0 bridgehead atoms. The first kappa shape index (κ1) is 13.3. The van der Waals surface area contributed by atoms with Gasteiger partial charge in [0, 0.05) is 0 Å². The van der Waals surface area contributed by atoms with Gasteiger partial charge in [-0.1, -0.05) is 0 Å². The zero-order valence-corrected chi connectivity index (χ0v) is 9.60. The number of ether oxygens (including phenoxy) is 3. The van der Waals surface area contributed by atoms with Gasteiger partial charge in [0.05, 0.1) is 13.2 Å². The number of rotatable bonds is 4. The second kappa shape index (κ2) is 5.07. The summed E-state index contributed by atoms with van der Waals surface area (Å²) in [7, 11) is 0. The van der Waals surface area contributed by atoms with Gasteiger partial charge in [-0.2, -0.15) is 0 Å². The Hall–Kier alpha value is -0.720. The van der Waals surface area contributed by atoms with Crippen LogP contribution in [-0.4, -0.2) is 48.5 Å². The summed E-state index contributed by atoms with van der Waals surface area (Å²) < 4.78 is 28.3. The molecule has 0 unspecified atom stereocenters. The van der Waals surface area contributed by atoms with E-state index in [1.165, 1.54) is 0 Å². The zero-order chi connectivity index (χ0) is 12.3. The molecule has 94 valence electrons. The molecule has 0 aromatic rings. The molecule has 1 heterocycles. The van der Waals surface area contributed by atoms with Gasteiger partial charge in [0.1, 0.15) is 12.2 Å². The maximum atomic E-state index is 13.4. The van der Waals surface area contributed by atoms with Crippen molar-refractivity contribution in [1.29, 1.82) is 0 Å². The number of hydrogen-bond donors (Lipinski definition) is 1. The number of carbonyl (C=O) groups excluding carboxylic acids is 1. The lowest BCUT2D eigenvalue weighted by atomic mass is 10.1. The molecule has 5 nitrogen and oxygen atoms in total. The fraction of sp³-hybridized carbons (Fsp3) is 0.900. The number of halogens is 1. The quantitative estimate of drug-likeness (QED) is 0.716. The van der Waals surface area contributed by atoms with Crippen molar-refractivity contribution in [2.45, 2.75) is 44.9 Å². The molecule has 1 aliphatic heterocycles. The van der Waals surface area contributed by atoms with Crippen LogP contribution in [0.5, 0.6) is 0 Å². The molecule has 6 heteroatoms. The highest BCUT2D eigenvalue weighted by Crippen LogP contribution is 2.26. The second-order valence-electron chi connectivity index (χ2n) is 4.01. The first-order valence-electron chi connectivity index (χ1n) is 5.18. The Morgan fingerprint density at radius 2 is 2.31 bits per heavy atom. The predicted octanol–water partition coefficient (Wildman–Crippen LogP) is 0.400. The van der Waals surface area contributed by atoms with Gasteiger partial charge in [0.15, 0.2) is 5.79 Å². The Labute approximate surface area is 93.5 Å². The SMILES string of the molecule is CCOC(=O)[C@H](F)[C@H](O)[C@H]1COC(C)(C)O1. The van der Waals surface area contributed by atoms with Crippen LogP contribution >= 0.6 is 0 Å². The van der Waals surface area contributed by atoms with Crippen LogP contribution in [0.2, 0.25) is 0 Å². The molecule has 0 amide bonds. The van der Waals surface area contributed by atoms with Gasteiger partial charge in [-0.3, -0.25) is 0 Å². The minimum Gasteiger partial charge on any atom is -0.464 e. The Bertz CT molecular complexity index is 256. The van der Waals surface area contributed by atoms with Crippen molar-refractivity contribution >= 4 is 5.97 Å². The molecular weight excluding hydrogens is 219 g/mol. The number of esters is 1. The standard InChI is InChI=1S/C10H17FO5/c1-4-14-9(13)7(11)8(12)6-5-15-10(2,3)16-6/h6-8,12H,4-5H2,1-3H3/t6-,7-,8-/m1/s1. The van der Waals surface area contributed by atoms with Gasteiger partial charge in [-0.15, -0.1) is 0 Å². The Balaban J connectivity index is 2.51. The summed E-state index contributed by atoms with van der Waals surface area (Å²) in [6, 6.07) is 0. The third-order valence-electron chi connectivity index (χ3n) is 2.22. The monoisotopic (exact) mass is 236 g/mol. The number of aliphatic hydroxyl groups is 1. The van der Waals surface area contributed by atoms with Gasteiger partial charge in [0.25, 0.3) is 0 Å². The number of carbonyl (C=O) groups is 1. The first-order valence-corrected chi connectivity index (χ1v) is 5.18. The van der Waals surface area contributed by atoms with Crippen molar-refractivity contribution in [2.75, 3.05) is 13.2 Å². The fourth-order valence-corrected chi connectivity index (χ4v) is 1.43. The van der Waals surface area contributed by atoms with E-state index >= 15 is 0 Å². The van der Waals surface area contributed by atoms with Gasteiger partial charge in [0.2, 0.25) is 6.17 Å². The van der Waals surface area contributed by atoms with Crippen LogP contribution in [0.15, 0.2) is 0 Å². The van der Waals surface area contributed by atoms with E-state index in [1.807, 2.05) is 0 Å². The van der Waals surface area contributed by atoms with Crippen molar-refractivity contribution in [3.8, 4) is 0 Å². The van der Waals surface area contributed by atoms with Gasteiger partial charge >= 0.3 is 5.97 Å². The van der Waals surface area contributed by atoms with E-state index in [9.17, 15) is 14.3 Å². The molecule has 0 aromatic carbocycles. The molecule has 0 radical (unpaired) electrons. The lowest BCUT2D eigenvalue weighted by Crippen LogP contribution is -2.42. The van der Waals surface area contributed by atoms with Crippen LogP contribution in [0, 0.1) is 0 Å². The molecule has 0 aromatic heterocycles. The maximum Gasteiger partial charge on any atom is 0.343 e. The highest BCUT2D eigenvalue weighted by molar-refractivity contribution is 5.75. The third kappa shape index (κ3) is 3.13. The Morgan fingerprint density at radius 3 is 2.75 bits per heavy atom. The molecule has 1 fully saturated rings. The van der Waals surface area contributed by atoms with E-state index in [1.54, 1.807) is 20.8 Å². The average Bonchev–Trinajstić information content (AvgIpc) is 2.57. The summed E-state index contributed by atoms with van der Waals surface area (Å²) in [5.41, 5.74) is 0. The van der Waals surface area contributed by atoms with Crippen LogP contribution < -0.4 is 0 Å². The first-order chi connectivity index (χ1) is 7.37. The largest absolute Gasteiger partial charge is 0.464 e. The minimum atomic E-state index is -2.11. The molecule has 0 spiro atoms. The van der Waals surface area contributed by atoms with Gasteiger partial charge in [-0.05, 0) is 20.8 Å². The molecule has 3 atom stereocenters. The molecule has 1 saturated heterocycles. The van der Waals surface area contributed by atoms with E-state index < -0.39 is 30.1 Å². The summed E-state index contributed by atoms with van der Waals surface area (Å²) >= 11 is 0. The molecule has 0 aliphatic carbocycles. The lowest BCUT2D eigenvalue weighted by Gasteiger charge is -2.21. The van der Waals surface area contributed by atoms with Crippen molar-refractivity contribution in [3.63, 3.8) is 0 Å².